The van der Waals surface area contributed by atoms with E-state index in [4.69, 9.17) is 4.74 Å². The quantitative estimate of drug-likeness (QED) is 0.759. The summed E-state index contributed by atoms with van der Waals surface area (Å²) in [6.45, 7) is 7.37. The number of para-hydroxylation sites is 1. The molecule has 0 aliphatic carbocycles. The third-order valence-electron chi connectivity index (χ3n) is 3.55. The lowest BCUT2D eigenvalue weighted by Crippen LogP contribution is -2.36. The van der Waals surface area contributed by atoms with Crippen molar-refractivity contribution in [1.82, 2.24) is 10.2 Å². The van der Waals surface area contributed by atoms with Gasteiger partial charge < -0.3 is 15.0 Å². The van der Waals surface area contributed by atoms with Crippen LogP contribution in [0.2, 0.25) is 0 Å². The molecule has 1 aromatic carbocycles. The van der Waals surface area contributed by atoms with Crippen LogP contribution in [0.4, 0.5) is 0 Å². The van der Waals surface area contributed by atoms with Gasteiger partial charge in [0.15, 0.2) is 0 Å². The summed E-state index contributed by atoms with van der Waals surface area (Å²) in [6.07, 6.45) is 1.05. The average Bonchev–Trinajstić information content (AvgIpc) is 2.51. The van der Waals surface area contributed by atoms with Gasteiger partial charge in [-0.2, -0.15) is 0 Å². The second kappa shape index (κ2) is 9.87. The van der Waals surface area contributed by atoms with Crippen molar-refractivity contribution >= 4 is 11.8 Å². The molecule has 1 N–H and O–H groups in total. The van der Waals surface area contributed by atoms with E-state index in [9.17, 15) is 9.59 Å². The molecule has 0 radical (unpaired) electrons. The predicted molar refractivity (Wildman–Crippen MR) is 91.4 cm³/mol. The first kappa shape index (κ1) is 19.0. The lowest BCUT2D eigenvalue weighted by atomic mass is 10.1. The zero-order valence-corrected chi connectivity index (χ0v) is 14.6. The maximum absolute atomic E-state index is 11.9. The Hall–Kier alpha value is -2.04. The molecule has 2 amide bonds. The fourth-order valence-corrected chi connectivity index (χ4v) is 2.39. The van der Waals surface area contributed by atoms with Gasteiger partial charge in [0.2, 0.25) is 11.8 Å². The van der Waals surface area contributed by atoms with E-state index in [1.165, 1.54) is 0 Å². The van der Waals surface area contributed by atoms with Gasteiger partial charge in [-0.15, -0.1) is 0 Å². The summed E-state index contributed by atoms with van der Waals surface area (Å²) in [6, 6.07) is 7.78. The highest BCUT2D eigenvalue weighted by molar-refractivity contribution is 5.78. The summed E-state index contributed by atoms with van der Waals surface area (Å²) in [7, 11) is 1.64. The van der Waals surface area contributed by atoms with E-state index < -0.39 is 0 Å². The molecule has 23 heavy (non-hydrogen) atoms. The minimum absolute atomic E-state index is 0.0144. The Balaban J connectivity index is 2.35. The van der Waals surface area contributed by atoms with Crippen LogP contribution in [-0.2, 0) is 16.0 Å². The Bertz CT molecular complexity index is 515. The van der Waals surface area contributed by atoms with Crippen molar-refractivity contribution in [3.05, 3.63) is 29.8 Å². The molecule has 1 aromatic rings. The number of carbonyl (C=O) groups is 2. The molecule has 0 bridgehead atoms. The number of rotatable bonds is 9. The summed E-state index contributed by atoms with van der Waals surface area (Å²) in [5, 5.41) is 2.90. The third kappa shape index (κ3) is 7.17. The monoisotopic (exact) mass is 320 g/mol. The fourth-order valence-electron chi connectivity index (χ4n) is 2.39. The first-order valence-corrected chi connectivity index (χ1v) is 8.08. The van der Waals surface area contributed by atoms with Gasteiger partial charge in [-0.25, -0.2) is 0 Å². The molecule has 0 saturated heterocycles. The molecule has 0 aliphatic rings. The molecule has 0 fully saturated rings. The van der Waals surface area contributed by atoms with Crippen molar-refractivity contribution < 1.29 is 14.3 Å². The number of hydrogen-bond donors (Lipinski definition) is 1. The first-order chi connectivity index (χ1) is 10.9. The van der Waals surface area contributed by atoms with Gasteiger partial charge in [0, 0.05) is 33.0 Å². The van der Waals surface area contributed by atoms with E-state index in [2.05, 4.69) is 19.2 Å². The van der Waals surface area contributed by atoms with Crippen molar-refractivity contribution in [3.63, 3.8) is 0 Å². The number of amides is 2. The van der Waals surface area contributed by atoms with Gasteiger partial charge in [-0.3, -0.25) is 9.59 Å². The van der Waals surface area contributed by atoms with Gasteiger partial charge in [0.05, 0.1) is 7.11 Å². The Labute approximate surface area is 139 Å². The summed E-state index contributed by atoms with van der Waals surface area (Å²) in [5.74, 6) is 1.21. The van der Waals surface area contributed by atoms with Gasteiger partial charge in [-0.1, -0.05) is 32.0 Å². The summed E-state index contributed by atoms with van der Waals surface area (Å²) in [4.78, 5) is 25.2. The molecule has 5 heteroatoms. The smallest absolute Gasteiger partial charge is 0.221 e. The van der Waals surface area contributed by atoms with Gasteiger partial charge >= 0.3 is 0 Å². The molecule has 0 atom stereocenters. The minimum atomic E-state index is -0.0325. The molecular weight excluding hydrogens is 292 g/mol. The number of benzene rings is 1. The van der Waals surface area contributed by atoms with E-state index in [-0.39, 0.29) is 11.8 Å². The maximum Gasteiger partial charge on any atom is 0.221 e. The molecular formula is C18H28N2O3. The van der Waals surface area contributed by atoms with Crippen LogP contribution in [0.1, 0.15) is 32.8 Å². The van der Waals surface area contributed by atoms with Crippen LogP contribution in [0, 0.1) is 5.92 Å². The molecule has 0 unspecified atom stereocenters. The Morgan fingerprint density at radius 2 is 1.96 bits per heavy atom. The zero-order chi connectivity index (χ0) is 17.2. The second-order valence-corrected chi connectivity index (χ2v) is 6.02. The zero-order valence-electron chi connectivity index (χ0n) is 14.6. The molecule has 128 valence electrons. The van der Waals surface area contributed by atoms with Crippen molar-refractivity contribution in [2.24, 2.45) is 5.92 Å². The largest absolute Gasteiger partial charge is 0.496 e. The van der Waals surface area contributed by atoms with Crippen molar-refractivity contribution in [3.8, 4) is 5.75 Å². The lowest BCUT2D eigenvalue weighted by Gasteiger charge is -2.22. The van der Waals surface area contributed by atoms with Crippen molar-refractivity contribution in [1.29, 1.82) is 0 Å². The minimum Gasteiger partial charge on any atom is -0.496 e. The number of hydrogen-bond acceptors (Lipinski definition) is 3. The van der Waals surface area contributed by atoms with Crippen molar-refractivity contribution in [2.75, 3.05) is 26.7 Å². The highest BCUT2D eigenvalue weighted by Crippen LogP contribution is 2.17. The number of nitrogens with zero attached hydrogens (tertiary/aromatic N) is 1. The van der Waals surface area contributed by atoms with Crippen LogP contribution in [-0.4, -0.2) is 43.5 Å². The van der Waals surface area contributed by atoms with Crippen molar-refractivity contribution in [2.45, 2.75) is 33.6 Å². The molecule has 0 heterocycles. The first-order valence-electron chi connectivity index (χ1n) is 8.08. The van der Waals surface area contributed by atoms with E-state index in [1.54, 1.807) is 18.9 Å². The van der Waals surface area contributed by atoms with Crippen LogP contribution >= 0.6 is 0 Å². The van der Waals surface area contributed by atoms with Gasteiger partial charge in [0.25, 0.3) is 0 Å². The Kier molecular flexibility index (Phi) is 8.16. The molecule has 0 aromatic heterocycles. The van der Waals surface area contributed by atoms with Crippen LogP contribution in [0.25, 0.3) is 0 Å². The highest BCUT2D eigenvalue weighted by Gasteiger charge is 2.12. The molecule has 0 saturated carbocycles. The van der Waals surface area contributed by atoms with Crippen LogP contribution in [0.15, 0.2) is 24.3 Å². The standard InChI is InChI=1S/C18H28N2O3/c1-14(2)13-20(15(3)21)12-10-18(22)19-11-9-16-7-5-6-8-17(16)23-4/h5-8,14H,9-13H2,1-4H3,(H,19,22). The summed E-state index contributed by atoms with van der Waals surface area (Å²) < 4.78 is 5.29. The van der Waals surface area contributed by atoms with E-state index in [0.717, 1.165) is 17.7 Å². The molecule has 1 rings (SSSR count). The molecule has 0 aliphatic heterocycles. The topological polar surface area (TPSA) is 58.6 Å². The fraction of sp³-hybridized carbons (Fsp3) is 0.556. The lowest BCUT2D eigenvalue weighted by molar-refractivity contribution is -0.130. The van der Waals surface area contributed by atoms with E-state index >= 15 is 0 Å². The van der Waals surface area contributed by atoms with Crippen LogP contribution < -0.4 is 10.1 Å². The molecule has 5 nitrogen and oxygen atoms in total. The predicted octanol–water partition coefficient (Wildman–Crippen LogP) is 2.25. The molecule has 0 spiro atoms. The normalized spacial score (nSPS) is 10.5. The van der Waals surface area contributed by atoms with E-state index in [1.807, 2.05) is 24.3 Å². The van der Waals surface area contributed by atoms with Crippen LogP contribution in [0.5, 0.6) is 5.75 Å². The average molecular weight is 320 g/mol. The Morgan fingerprint density at radius 3 is 2.57 bits per heavy atom. The Morgan fingerprint density at radius 1 is 1.26 bits per heavy atom. The highest BCUT2D eigenvalue weighted by atomic mass is 16.5. The maximum atomic E-state index is 11.9. The van der Waals surface area contributed by atoms with E-state index in [0.29, 0.717) is 32.0 Å². The van der Waals surface area contributed by atoms with Gasteiger partial charge in [-0.05, 0) is 24.0 Å². The van der Waals surface area contributed by atoms with Gasteiger partial charge in [0.1, 0.15) is 5.75 Å². The second-order valence-electron chi connectivity index (χ2n) is 6.02. The number of carbonyl (C=O) groups excluding carboxylic acids is 2. The summed E-state index contributed by atoms with van der Waals surface area (Å²) in [5.41, 5.74) is 1.07. The summed E-state index contributed by atoms with van der Waals surface area (Å²) >= 11 is 0. The number of ether oxygens (including phenoxy) is 1. The SMILES string of the molecule is COc1ccccc1CCNC(=O)CCN(CC(C)C)C(C)=O. The van der Waals surface area contributed by atoms with Crippen LogP contribution in [0.3, 0.4) is 0 Å². The third-order valence-corrected chi connectivity index (χ3v) is 3.55. The number of methoxy groups -OCH3 is 1. The number of nitrogens with one attached hydrogen (secondary N) is 1.